The molecule has 0 bridgehead atoms. The number of ether oxygens (including phenoxy) is 5. The molecule has 7 rings (SSSR count). The number of anilines is 2. The van der Waals surface area contributed by atoms with Gasteiger partial charge in [-0.1, -0.05) is 60.7 Å². The molecule has 51 heavy (non-hydrogen) atoms. The van der Waals surface area contributed by atoms with E-state index in [0.717, 1.165) is 74.3 Å². The number of hydrogen-bond donors (Lipinski definition) is 0. The molecular weight excluding hydrogens is 644 g/mol. The summed E-state index contributed by atoms with van der Waals surface area (Å²) in [7, 11) is 3.43. The average Bonchev–Trinajstić information content (AvgIpc) is 3.43. The van der Waals surface area contributed by atoms with Gasteiger partial charge in [-0.25, -0.2) is 4.98 Å². The molecule has 10 heteroatoms. The van der Waals surface area contributed by atoms with E-state index in [1.807, 2.05) is 85.8 Å². The molecular formula is C41H48N4O6. The predicted octanol–water partition coefficient (Wildman–Crippen LogP) is 7.52. The molecule has 1 atom stereocenters. The van der Waals surface area contributed by atoms with Crippen LogP contribution in [0.25, 0.3) is 0 Å². The van der Waals surface area contributed by atoms with Gasteiger partial charge in [0, 0.05) is 39.3 Å². The summed E-state index contributed by atoms with van der Waals surface area (Å²) in [6, 6.07) is 27.1. The van der Waals surface area contributed by atoms with Crippen LogP contribution in [-0.4, -0.2) is 61.7 Å². The second-order valence-corrected chi connectivity index (χ2v) is 13.7. The van der Waals surface area contributed by atoms with Gasteiger partial charge >= 0.3 is 0 Å². The largest absolute Gasteiger partial charge is 0.473 e. The summed E-state index contributed by atoms with van der Waals surface area (Å²) in [6.07, 6.45) is 6.52. The maximum Gasteiger partial charge on any atom is 0.260 e. The first kappa shape index (κ1) is 34.9. The van der Waals surface area contributed by atoms with Crippen LogP contribution in [0.2, 0.25) is 0 Å². The lowest BCUT2D eigenvalue weighted by atomic mass is 9.86. The molecule has 0 spiro atoms. The fourth-order valence-electron chi connectivity index (χ4n) is 7.60. The molecule has 0 N–H and O–H groups in total. The minimum absolute atomic E-state index is 0.120. The Labute approximate surface area is 300 Å². The van der Waals surface area contributed by atoms with E-state index < -0.39 is 0 Å². The minimum Gasteiger partial charge on any atom is -0.473 e. The van der Waals surface area contributed by atoms with Crippen molar-refractivity contribution in [3.05, 3.63) is 107 Å². The third kappa shape index (κ3) is 8.03. The third-order valence-electron chi connectivity index (χ3n) is 10.4. The molecule has 2 aromatic heterocycles. The molecule has 1 amide bonds. The van der Waals surface area contributed by atoms with E-state index in [1.165, 1.54) is 0 Å². The molecule has 2 aliphatic heterocycles. The number of carbonyl (C=O) groups excluding carboxylic acids is 1. The van der Waals surface area contributed by atoms with Crippen molar-refractivity contribution >= 4 is 17.4 Å². The van der Waals surface area contributed by atoms with Crippen molar-refractivity contribution in [1.29, 1.82) is 0 Å². The van der Waals surface area contributed by atoms with Gasteiger partial charge in [0.15, 0.2) is 6.29 Å². The van der Waals surface area contributed by atoms with Crippen molar-refractivity contribution in [3.63, 3.8) is 0 Å². The van der Waals surface area contributed by atoms with E-state index in [9.17, 15) is 4.79 Å². The number of fused-ring (bicyclic) bond motifs is 1. The van der Waals surface area contributed by atoms with Crippen molar-refractivity contribution in [2.75, 3.05) is 37.1 Å². The van der Waals surface area contributed by atoms with E-state index in [4.69, 9.17) is 33.7 Å². The first-order valence-corrected chi connectivity index (χ1v) is 18.2. The lowest BCUT2D eigenvalue weighted by Gasteiger charge is -2.37. The Kier molecular flexibility index (Phi) is 11.1. The summed E-state index contributed by atoms with van der Waals surface area (Å²) in [4.78, 5) is 27.9. The Hall–Kier alpha value is -4.51. The monoisotopic (exact) mass is 692 g/mol. The molecule has 1 aliphatic carbocycles. The predicted molar refractivity (Wildman–Crippen MR) is 195 cm³/mol. The Morgan fingerprint density at radius 1 is 0.725 bits per heavy atom. The molecule has 10 nitrogen and oxygen atoms in total. The topological polar surface area (TPSA) is 95.5 Å². The van der Waals surface area contributed by atoms with Crippen LogP contribution in [0.4, 0.5) is 11.5 Å². The molecule has 4 aromatic rings. The number of carbonyl (C=O) groups is 1. The second kappa shape index (κ2) is 16.2. The number of nitrogens with zero attached hydrogens (tertiary/aromatic N) is 4. The summed E-state index contributed by atoms with van der Waals surface area (Å²) < 4.78 is 29.9. The highest BCUT2D eigenvalue weighted by atomic mass is 16.7. The maximum absolute atomic E-state index is 14.0. The normalized spacial score (nSPS) is 20.9. The van der Waals surface area contributed by atoms with Crippen LogP contribution < -0.4 is 19.3 Å². The van der Waals surface area contributed by atoms with Crippen molar-refractivity contribution in [2.45, 2.75) is 83.2 Å². The lowest BCUT2D eigenvalue weighted by Crippen LogP contribution is -2.40. The van der Waals surface area contributed by atoms with Gasteiger partial charge in [-0.15, -0.1) is 0 Å². The Morgan fingerprint density at radius 2 is 1.35 bits per heavy atom. The second-order valence-electron chi connectivity index (χ2n) is 13.7. The van der Waals surface area contributed by atoms with Gasteiger partial charge < -0.3 is 28.6 Å². The standard InChI is InChI=1S/C41H48N4O6/c1-28-38-34(18-20-36(42-38)44-24-22-33(23-25-44)51-32-16-14-31(15-17-32)41(47-2)48-3)40(46)45(28)35-19-21-37(49-26-29-10-6-4-7-11-29)43-39(35)50-27-30-12-8-5-9-13-30/h4-13,18-21,28,31-33,41H,14-17,22-27H2,1-3H3/t28?,31-,32-. The smallest absolute Gasteiger partial charge is 0.260 e. The van der Waals surface area contributed by atoms with Crippen LogP contribution in [0.3, 0.4) is 0 Å². The molecule has 1 unspecified atom stereocenters. The zero-order chi connectivity index (χ0) is 35.2. The van der Waals surface area contributed by atoms with E-state index >= 15 is 0 Å². The minimum atomic E-state index is -0.309. The van der Waals surface area contributed by atoms with Crippen molar-refractivity contribution < 1.29 is 28.5 Å². The van der Waals surface area contributed by atoms with E-state index in [0.29, 0.717) is 48.2 Å². The summed E-state index contributed by atoms with van der Waals surface area (Å²) >= 11 is 0. The van der Waals surface area contributed by atoms with Gasteiger partial charge in [0.25, 0.3) is 5.91 Å². The van der Waals surface area contributed by atoms with Crippen molar-refractivity contribution in [3.8, 4) is 11.8 Å². The highest BCUT2D eigenvalue weighted by molar-refractivity contribution is 6.11. The number of aromatic nitrogens is 2. The fraction of sp³-hybridized carbons (Fsp3) is 0.439. The van der Waals surface area contributed by atoms with Gasteiger partial charge in [0.2, 0.25) is 11.8 Å². The zero-order valence-electron chi connectivity index (χ0n) is 29.8. The number of piperidine rings is 1. The summed E-state index contributed by atoms with van der Waals surface area (Å²) in [5, 5.41) is 0. The maximum atomic E-state index is 14.0. The molecule has 4 heterocycles. The SMILES string of the molecule is COC(OC)[C@H]1CC[C@H](OC2CCN(c3ccc4c(n3)C(C)N(c3ccc(OCc5ccccc5)nc3OCc3ccccc3)C4=O)CC2)CC1. The van der Waals surface area contributed by atoms with Crippen molar-refractivity contribution in [2.24, 2.45) is 5.92 Å². The highest BCUT2D eigenvalue weighted by Crippen LogP contribution is 2.42. The van der Waals surface area contributed by atoms with Crippen LogP contribution >= 0.6 is 0 Å². The Balaban J connectivity index is 1.02. The molecule has 1 saturated carbocycles. The molecule has 0 radical (unpaired) electrons. The third-order valence-corrected chi connectivity index (χ3v) is 10.4. The van der Waals surface area contributed by atoms with Crippen LogP contribution in [0.1, 0.15) is 78.7 Å². The van der Waals surface area contributed by atoms with Gasteiger partial charge in [-0.3, -0.25) is 9.69 Å². The molecule has 1 saturated heterocycles. The van der Waals surface area contributed by atoms with E-state index in [-0.39, 0.29) is 24.3 Å². The number of methoxy groups -OCH3 is 2. The highest BCUT2D eigenvalue weighted by Gasteiger charge is 2.39. The quantitative estimate of drug-likeness (QED) is 0.132. The summed E-state index contributed by atoms with van der Waals surface area (Å²) in [6.45, 7) is 4.41. The van der Waals surface area contributed by atoms with Gasteiger partial charge in [-0.05, 0) is 74.8 Å². The Morgan fingerprint density at radius 3 is 2.00 bits per heavy atom. The molecule has 3 aliphatic rings. The van der Waals surface area contributed by atoms with Crippen LogP contribution in [-0.2, 0) is 27.4 Å². The average molecular weight is 693 g/mol. The Bertz CT molecular complexity index is 1740. The number of amides is 1. The fourth-order valence-corrected chi connectivity index (χ4v) is 7.60. The molecule has 268 valence electrons. The van der Waals surface area contributed by atoms with Crippen LogP contribution in [0.15, 0.2) is 84.9 Å². The number of benzene rings is 2. The van der Waals surface area contributed by atoms with Gasteiger partial charge in [-0.2, -0.15) is 4.98 Å². The summed E-state index contributed by atoms with van der Waals surface area (Å²) in [5.74, 6) is 1.97. The van der Waals surface area contributed by atoms with Crippen LogP contribution in [0.5, 0.6) is 11.8 Å². The van der Waals surface area contributed by atoms with Crippen molar-refractivity contribution in [1.82, 2.24) is 9.97 Å². The molecule has 2 aromatic carbocycles. The van der Waals surface area contributed by atoms with Gasteiger partial charge in [0.1, 0.15) is 24.7 Å². The lowest BCUT2D eigenvalue weighted by molar-refractivity contribution is -0.153. The molecule has 2 fully saturated rings. The zero-order valence-corrected chi connectivity index (χ0v) is 29.8. The number of hydrogen-bond acceptors (Lipinski definition) is 9. The van der Waals surface area contributed by atoms with Gasteiger partial charge in [0.05, 0.1) is 29.5 Å². The first-order valence-electron chi connectivity index (χ1n) is 18.2. The first-order chi connectivity index (χ1) is 25.0. The van der Waals surface area contributed by atoms with E-state index in [2.05, 4.69) is 4.90 Å². The number of rotatable bonds is 13. The van der Waals surface area contributed by atoms with Crippen LogP contribution in [0, 0.1) is 5.92 Å². The number of pyridine rings is 2. The van der Waals surface area contributed by atoms with E-state index in [1.54, 1.807) is 25.2 Å². The summed E-state index contributed by atoms with van der Waals surface area (Å²) in [5.41, 5.74) is 3.98.